The van der Waals surface area contributed by atoms with Crippen LogP contribution < -0.4 is 0 Å². The number of rotatable bonds is 11. The van der Waals surface area contributed by atoms with Gasteiger partial charge in [-0.1, -0.05) is 6.92 Å². The van der Waals surface area contributed by atoms with E-state index in [1.807, 2.05) is 6.92 Å². The van der Waals surface area contributed by atoms with Crippen LogP contribution in [-0.2, 0) is 23.1 Å². The van der Waals surface area contributed by atoms with Crippen LogP contribution in [-0.4, -0.2) is 62.3 Å². The van der Waals surface area contributed by atoms with Crippen LogP contribution in [0.3, 0.4) is 0 Å². The van der Waals surface area contributed by atoms with Gasteiger partial charge >= 0.3 is 9.28 Å². The van der Waals surface area contributed by atoms with Gasteiger partial charge in [-0.05, 0) is 26.2 Å². The highest BCUT2D eigenvalue weighted by molar-refractivity contribution is 6.45. The van der Waals surface area contributed by atoms with Crippen molar-refractivity contribution in [2.75, 3.05) is 41.2 Å². The van der Waals surface area contributed by atoms with E-state index in [0.717, 1.165) is 32.5 Å². The van der Waals surface area contributed by atoms with E-state index in [2.05, 4.69) is 6.92 Å². The fourth-order valence-electron chi connectivity index (χ4n) is 2.78. The molecule has 1 aliphatic rings. The van der Waals surface area contributed by atoms with Crippen LogP contribution in [0, 0.1) is 5.41 Å². The molecule has 5 nitrogen and oxygen atoms in total. The first-order chi connectivity index (χ1) is 9.61. The molecule has 120 valence electrons. The molecule has 6 heteroatoms. The molecular formula is C14H30O5Si. The average molecular weight is 306 g/mol. The maximum Gasteiger partial charge on any atom is 0.350 e. The van der Waals surface area contributed by atoms with E-state index in [0.29, 0.717) is 6.61 Å². The van der Waals surface area contributed by atoms with Gasteiger partial charge in [0.05, 0.1) is 25.0 Å². The third-order valence-corrected chi connectivity index (χ3v) is 6.09. The van der Waals surface area contributed by atoms with Crippen molar-refractivity contribution < 1.29 is 23.1 Å². The Morgan fingerprint density at radius 2 is 1.80 bits per heavy atom. The molecule has 2 unspecified atom stereocenters. The first-order valence-corrected chi connectivity index (χ1v) is 9.00. The van der Waals surface area contributed by atoms with E-state index >= 15 is 0 Å². The molecule has 1 fully saturated rings. The number of ether oxygens (including phenoxy) is 3. The van der Waals surface area contributed by atoms with Gasteiger partial charge in [-0.15, -0.1) is 0 Å². The largest absolute Gasteiger partial charge is 0.398 e. The van der Waals surface area contributed by atoms with E-state index in [4.69, 9.17) is 23.1 Å². The quantitative estimate of drug-likeness (QED) is 0.543. The maximum atomic E-state index is 5.77. The fraction of sp³-hybridized carbons (Fsp3) is 1.00. The van der Waals surface area contributed by atoms with Gasteiger partial charge in [-0.3, -0.25) is 0 Å². The topological polar surface area (TPSA) is 46.2 Å². The Labute approximate surface area is 124 Å². The Kier molecular flexibility index (Phi) is 8.24. The molecule has 0 aliphatic carbocycles. The predicted octanol–water partition coefficient (Wildman–Crippen LogP) is 1.67. The van der Waals surface area contributed by atoms with Gasteiger partial charge < -0.3 is 23.1 Å². The summed E-state index contributed by atoms with van der Waals surface area (Å²) in [5.74, 6) is 0. The molecule has 0 N–H and O–H groups in total. The van der Waals surface area contributed by atoms with Crippen molar-refractivity contribution in [1.82, 2.24) is 0 Å². The van der Waals surface area contributed by atoms with Crippen molar-refractivity contribution in [3.8, 4) is 0 Å². The lowest BCUT2D eigenvalue weighted by Gasteiger charge is -2.43. The zero-order valence-electron chi connectivity index (χ0n) is 13.5. The van der Waals surface area contributed by atoms with Crippen LogP contribution in [0.1, 0.15) is 33.1 Å². The zero-order chi connectivity index (χ0) is 15.0. The number of hydrogen-bond acceptors (Lipinski definition) is 5. The van der Waals surface area contributed by atoms with Gasteiger partial charge in [-0.2, -0.15) is 0 Å². The van der Waals surface area contributed by atoms with Crippen LogP contribution in [0.4, 0.5) is 0 Å². The Bertz CT molecular complexity index is 256. The van der Waals surface area contributed by atoms with Gasteiger partial charge in [0.2, 0.25) is 0 Å². The monoisotopic (exact) mass is 306 g/mol. The average Bonchev–Trinajstić information content (AvgIpc) is 2.42. The van der Waals surface area contributed by atoms with E-state index in [1.165, 1.54) is 0 Å². The molecule has 20 heavy (non-hydrogen) atoms. The number of methoxy groups -OCH3 is 1. The third-order valence-electron chi connectivity index (χ3n) is 4.03. The highest BCUT2D eigenvalue weighted by Gasteiger charge is 2.41. The molecule has 0 aromatic carbocycles. The highest BCUT2D eigenvalue weighted by Crippen LogP contribution is 2.35. The van der Waals surface area contributed by atoms with Crippen molar-refractivity contribution in [2.45, 2.75) is 44.9 Å². The van der Waals surface area contributed by atoms with E-state index in [1.54, 1.807) is 21.3 Å². The van der Waals surface area contributed by atoms with Crippen LogP contribution in [0.25, 0.3) is 0 Å². The minimum Gasteiger partial charge on any atom is -0.398 e. The maximum absolute atomic E-state index is 5.77. The molecule has 1 rings (SSSR count). The fourth-order valence-corrected chi connectivity index (χ4v) is 4.43. The van der Waals surface area contributed by atoms with Crippen molar-refractivity contribution in [1.29, 1.82) is 0 Å². The predicted molar refractivity (Wildman–Crippen MR) is 80.2 cm³/mol. The minimum atomic E-state index is -1.72. The minimum absolute atomic E-state index is 0.109. The second-order valence-corrected chi connectivity index (χ2v) is 8.06. The van der Waals surface area contributed by atoms with Crippen molar-refractivity contribution in [3.05, 3.63) is 0 Å². The summed E-state index contributed by atoms with van der Waals surface area (Å²) in [5.41, 5.74) is 0.285. The summed E-state index contributed by atoms with van der Waals surface area (Å²) in [5, 5.41) is 0. The SMILES string of the molecule is CCOC(CCCC(OC)C1(C)COC1)[SiH](OC)OC. The van der Waals surface area contributed by atoms with Crippen LogP contribution in [0.15, 0.2) is 0 Å². The molecule has 0 amide bonds. The zero-order valence-corrected chi connectivity index (χ0v) is 14.7. The standard InChI is InChI=1S/C14H30O5Si/c1-6-19-13(20(16-4)17-5)9-7-8-12(15-3)14(2)10-18-11-14/h12-13,20H,6-11H2,1-5H3. The lowest BCUT2D eigenvalue weighted by atomic mass is 9.80. The van der Waals surface area contributed by atoms with Gasteiger partial charge in [0.1, 0.15) is 0 Å². The molecule has 1 aliphatic heterocycles. The Morgan fingerprint density at radius 1 is 1.15 bits per heavy atom. The molecule has 0 spiro atoms. The van der Waals surface area contributed by atoms with Crippen molar-refractivity contribution >= 4 is 9.28 Å². The number of hydrogen-bond donors (Lipinski definition) is 0. The summed E-state index contributed by atoms with van der Waals surface area (Å²) in [6, 6.07) is 0. The summed E-state index contributed by atoms with van der Waals surface area (Å²) in [6.45, 7) is 6.53. The van der Waals surface area contributed by atoms with E-state index in [-0.39, 0.29) is 17.2 Å². The van der Waals surface area contributed by atoms with E-state index < -0.39 is 9.28 Å². The summed E-state index contributed by atoms with van der Waals surface area (Å²) in [6.07, 6.45) is 3.29. The lowest BCUT2D eigenvalue weighted by molar-refractivity contribution is -0.172. The van der Waals surface area contributed by atoms with Crippen molar-refractivity contribution in [3.63, 3.8) is 0 Å². The van der Waals surface area contributed by atoms with Crippen molar-refractivity contribution in [2.24, 2.45) is 5.41 Å². The Balaban J connectivity index is 2.38. The summed E-state index contributed by atoms with van der Waals surface area (Å²) in [4.78, 5) is 0. The van der Waals surface area contributed by atoms with Gasteiger partial charge in [-0.25, -0.2) is 0 Å². The Morgan fingerprint density at radius 3 is 2.20 bits per heavy atom. The highest BCUT2D eigenvalue weighted by atomic mass is 28.3. The summed E-state index contributed by atoms with van der Waals surface area (Å²) >= 11 is 0. The second kappa shape index (κ2) is 9.12. The molecule has 0 aromatic heterocycles. The molecule has 1 heterocycles. The van der Waals surface area contributed by atoms with Crippen LogP contribution >= 0.6 is 0 Å². The van der Waals surface area contributed by atoms with Gasteiger partial charge in [0, 0.05) is 33.4 Å². The smallest absolute Gasteiger partial charge is 0.350 e. The first-order valence-electron chi connectivity index (χ1n) is 7.39. The summed E-state index contributed by atoms with van der Waals surface area (Å²) < 4.78 is 27.6. The molecule has 0 aromatic rings. The summed E-state index contributed by atoms with van der Waals surface area (Å²) in [7, 11) is 3.48. The van der Waals surface area contributed by atoms with Crippen LogP contribution in [0.5, 0.6) is 0 Å². The molecule has 2 atom stereocenters. The molecule has 0 saturated carbocycles. The normalized spacial score (nSPS) is 20.7. The van der Waals surface area contributed by atoms with Gasteiger partial charge in [0.25, 0.3) is 0 Å². The third kappa shape index (κ3) is 4.79. The Hall–Kier alpha value is 0.0169. The lowest BCUT2D eigenvalue weighted by Crippen LogP contribution is -2.50. The van der Waals surface area contributed by atoms with Gasteiger partial charge in [0.15, 0.2) is 0 Å². The second-order valence-electron chi connectivity index (χ2n) is 5.64. The molecule has 0 bridgehead atoms. The molecule has 0 radical (unpaired) electrons. The molecule has 1 saturated heterocycles. The molecular weight excluding hydrogens is 276 g/mol. The van der Waals surface area contributed by atoms with E-state index in [9.17, 15) is 0 Å². The van der Waals surface area contributed by atoms with Crippen LogP contribution in [0.2, 0.25) is 0 Å². The first kappa shape index (κ1) is 18.1.